The molecule has 5 heteroatoms. The van der Waals surface area contributed by atoms with Crippen LogP contribution in [0.5, 0.6) is 0 Å². The van der Waals surface area contributed by atoms with Gasteiger partial charge in [-0.25, -0.2) is 9.59 Å². The summed E-state index contributed by atoms with van der Waals surface area (Å²) in [5.41, 5.74) is 0. The van der Waals surface area contributed by atoms with E-state index < -0.39 is 12.1 Å². The predicted octanol–water partition coefficient (Wildman–Crippen LogP) is 4.20. The lowest BCUT2D eigenvalue weighted by molar-refractivity contribution is -0.146. The summed E-state index contributed by atoms with van der Waals surface area (Å²) in [7, 11) is 0. The van der Waals surface area contributed by atoms with Crippen LogP contribution in [0.3, 0.4) is 0 Å². The number of alkyl carbamates (subject to hydrolysis) is 1. The summed E-state index contributed by atoms with van der Waals surface area (Å²) in [4.78, 5) is 23.7. The molecule has 0 aliphatic carbocycles. The summed E-state index contributed by atoms with van der Waals surface area (Å²) < 4.78 is 10.3. The third kappa shape index (κ3) is 11.4. The van der Waals surface area contributed by atoms with Crippen molar-refractivity contribution in [3.8, 4) is 0 Å². The van der Waals surface area contributed by atoms with Crippen molar-refractivity contribution in [1.82, 2.24) is 5.32 Å². The van der Waals surface area contributed by atoms with Crippen LogP contribution in [0.15, 0.2) is 0 Å². The first kappa shape index (κ1) is 20.7. The van der Waals surface area contributed by atoms with Gasteiger partial charge in [0.15, 0.2) is 0 Å². The highest BCUT2D eigenvalue weighted by atomic mass is 16.6. The Labute approximate surface area is 135 Å². The van der Waals surface area contributed by atoms with Crippen LogP contribution >= 0.6 is 0 Å². The van der Waals surface area contributed by atoms with Crippen LogP contribution in [0.1, 0.15) is 78.6 Å². The summed E-state index contributed by atoms with van der Waals surface area (Å²) in [5, 5.41) is 2.61. The van der Waals surface area contributed by atoms with Gasteiger partial charge in [0.25, 0.3) is 0 Å². The second kappa shape index (κ2) is 14.7. The maximum atomic E-state index is 12.0. The Morgan fingerprint density at radius 3 is 2.05 bits per heavy atom. The Balaban J connectivity index is 3.99. The quantitative estimate of drug-likeness (QED) is 0.409. The van der Waals surface area contributed by atoms with Crippen LogP contribution in [0.4, 0.5) is 4.79 Å². The van der Waals surface area contributed by atoms with Crippen LogP contribution in [0, 0.1) is 0 Å². The van der Waals surface area contributed by atoms with Gasteiger partial charge in [0.05, 0.1) is 13.2 Å². The molecule has 0 aliphatic heterocycles. The minimum absolute atomic E-state index is 0.360. The number of carbonyl (C=O) groups excluding carboxylic acids is 2. The Hall–Kier alpha value is -1.26. The van der Waals surface area contributed by atoms with Crippen molar-refractivity contribution in [2.24, 2.45) is 0 Å². The number of amides is 1. The van der Waals surface area contributed by atoms with E-state index in [2.05, 4.69) is 19.2 Å². The maximum Gasteiger partial charge on any atom is 0.407 e. The third-order valence-electron chi connectivity index (χ3n) is 3.38. The number of unbranched alkanes of at least 4 members (excludes halogenated alkanes) is 5. The molecule has 0 aromatic rings. The monoisotopic (exact) mass is 315 g/mol. The lowest BCUT2D eigenvalue weighted by atomic mass is 10.2. The molecule has 0 rings (SSSR count). The molecule has 22 heavy (non-hydrogen) atoms. The minimum Gasteiger partial charge on any atom is -0.464 e. The van der Waals surface area contributed by atoms with Gasteiger partial charge in [-0.05, 0) is 19.3 Å². The highest BCUT2D eigenvalue weighted by Crippen LogP contribution is 2.03. The fourth-order valence-corrected chi connectivity index (χ4v) is 2.04. The van der Waals surface area contributed by atoms with E-state index >= 15 is 0 Å². The Morgan fingerprint density at radius 2 is 1.41 bits per heavy atom. The molecule has 1 N–H and O–H groups in total. The van der Waals surface area contributed by atoms with Gasteiger partial charge in [-0.2, -0.15) is 0 Å². The van der Waals surface area contributed by atoms with Gasteiger partial charge in [0, 0.05) is 0 Å². The van der Waals surface area contributed by atoms with E-state index in [0.29, 0.717) is 19.6 Å². The van der Waals surface area contributed by atoms with Gasteiger partial charge in [-0.3, -0.25) is 0 Å². The minimum atomic E-state index is -0.602. The fraction of sp³-hybridized carbons (Fsp3) is 0.882. The summed E-state index contributed by atoms with van der Waals surface area (Å²) >= 11 is 0. The van der Waals surface area contributed by atoms with Gasteiger partial charge >= 0.3 is 12.1 Å². The number of carbonyl (C=O) groups is 2. The highest BCUT2D eigenvalue weighted by molar-refractivity contribution is 5.81. The molecular weight excluding hydrogens is 282 g/mol. The second-order valence-electron chi connectivity index (χ2n) is 5.56. The van der Waals surface area contributed by atoms with Crippen molar-refractivity contribution in [1.29, 1.82) is 0 Å². The van der Waals surface area contributed by atoms with E-state index in [0.717, 1.165) is 51.4 Å². The Morgan fingerprint density at radius 1 is 0.818 bits per heavy atom. The molecule has 0 spiro atoms. The molecule has 0 aliphatic rings. The molecule has 0 unspecified atom stereocenters. The van der Waals surface area contributed by atoms with Crippen molar-refractivity contribution in [3.05, 3.63) is 0 Å². The first-order chi connectivity index (χ1) is 10.7. The number of hydrogen-bond donors (Lipinski definition) is 1. The summed E-state index contributed by atoms with van der Waals surface area (Å²) in [6.07, 6.45) is 8.04. The zero-order chi connectivity index (χ0) is 16.6. The predicted molar refractivity (Wildman–Crippen MR) is 87.8 cm³/mol. The molecule has 0 saturated heterocycles. The van der Waals surface area contributed by atoms with Crippen LogP contribution in [-0.2, 0) is 14.3 Å². The summed E-state index contributed by atoms with van der Waals surface area (Å²) in [5.74, 6) is -0.360. The fourth-order valence-electron chi connectivity index (χ4n) is 2.04. The van der Waals surface area contributed by atoms with E-state index in [1.807, 2.05) is 6.92 Å². The first-order valence-corrected chi connectivity index (χ1v) is 8.75. The molecular formula is C17H33NO4. The van der Waals surface area contributed by atoms with E-state index in [9.17, 15) is 9.59 Å². The number of hydrogen-bond acceptors (Lipinski definition) is 4. The summed E-state index contributed by atoms with van der Waals surface area (Å²) in [6.45, 7) is 7.01. The van der Waals surface area contributed by atoms with Crippen LogP contribution in [-0.4, -0.2) is 31.3 Å². The van der Waals surface area contributed by atoms with Crippen molar-refractivity contribution in [3.63, 3.8) is 0 Å². The first-order valence-electron chi connectivity index (χ1n) is 8.75. The largest absolute Gasteiger partial charge is 0.464 e. The van der Waals surface area contributed by atoms with Gasteiger partial charge in [-0.1, -0.05) is 59.3 Å². The van der Waals surface area contributed by atoms with Gasteiger partial charge in [-0.15, -0.1) is 0 Å². The molecule has 0 bridgehead atoms. The molecule has 130 valence electrons. The van der Waals surface area contributed by atoms with Crippen LogP contribution in [0.2, 0.25) is 0 Å². The number of nitrogens with one attached hydrogen (secondary N) is 1. The molecule has 1 atom stereocenters. The van der Waals surface area contributed by atoms with E-state index in [-0.39, 0.29) is 5.97 Å². The van der Waals surface area contributed by atoms with Gasteiger partial charge in [0.1, 0.15) is 6.04 Å². The zero-order valence-corrected chi connectivity index (χ0v) is 14.5. The maximum absolute atomic E-state index is 12.0. The molecule has 0 saturated carbocycles. The molecule has 0 aromatic carbocycles. The standard InChI is InChI=1S/C17H33NO4/c1-4-7-9-11-14-22-17(20)18-15(12-6-3)16(19)21-13-10-8-5-2/h15H,4-14H2,1-3H3,(H,18,20)/t15-/m0/s1. The van der Waals surface area contributed by atoms with Crippen molar-refractivity contribution in [2.75, 3.05) is 13.2 Å². The topological polar surface area (TPSA) is 64.6 Å². The normalized spacial score (nSPS) is 11.8. The Kier molecular flexibility index (Phi) is 13.8. The molecule has 1 amide bonds. The average Bonchev–Trinajstić information content (AvgIpc) is 2.50. The van der Waals surface area contributed by atoms with Gasteiger partial charge in [0.2, 0.25) is 0 Å². The van der Waals surface area contributed by atoms with Crippen LogP contribution in [0.25, 0.3) is 0 Å². The Bertz CT molecular complexity index is 294. The van der Waals surface area contributed by atoms with E-state index in [1.54, 1.807) is 0 Å². The second-order valence-corrected chi connectivity index (χ2v) is 5.56. The molecule has 5 nitrogen and oxygen atoms in total. The smallest absolute Gasteiger partial charge is 0.407 e. The molecule has 0 heterocycles. The lowest BCUT2D eigenvalue weighted by Gasteiger charge is -2.17. The van der Waals surface area contributed by atoms with Crippen molar-refractivity contribution < 1.29 is 19.1 Å². The third-order valence-corrected chi connectivity index (χ3v) is 3.38. The van der Waals surface area contributed by atoms with Gasteiger partial charge < -0.3 is 14.8 Å². The van der Waals surface area contributed by atoms with Crippen molar-refractivity contribution in [2.45, 2.75) is 84.6 Å². The molecule has 0 radical (unpaired) electrons. The SMILES string of the molecule is CCCCCCOC(=O)N[C@@H](CCC)C(=O)OCCCCC. The van der Waals surface area contributed by atoms with E-state index in [4.69, 9.17) is 9.47 Å². The number of esters is 1. The molecule has 0 fully saturated rings. The van der Waals surface area contributed by atoms with Crippen LogP contribution < -0.4 is 5.32 Å². The lowest BCUT2D eigenvalue weighted by Crippen LogP contribution is -2.42. The van der Waals surface area contributed by atoms with E-state index in [1.165, 1.54) is 0 Å². The summed E-state index contributed by atoms with van der Waals surface area (Å²) in [6, 6.07) is -0.602. The van der Waals surface area contributed by atoms with Crippen molar-refractivity contribution >= 4 is 12.1 Å². The molecule has 0 aromatic heterocycles. The number of ether oxygens (including phenoxy) is 2. The zero-order valence-electron chi connectivity index (χ0n) is 14.5. The average molecular weight is 315 g/mol. The number of rotatable bonds is 13. The highest BCUT2D eigenvalue weighted by Gasteiger charge is 2.21.